The molecule has 0 spiro atoms. The fourth-order valence-electron chi connectivity index (χ4n) is 7.88. The largest absolute Gasteiger partial charge is 0.481 e. The molecule has 4 rings (SSSR count). The van der Waals surface area contributed by atoms with Crippen LogP contribution in [-0.4, -0.2) is 22.2 Å². The van der Waals surface area contributed by atoms with E-state index in [-0.39, 0.29) is 10.8 Å². The molecule has 0 bridgehead atoms. The van der Waals surface area contributed by atoms with E-state index in [1.165, 1.54) is 0 Å². The Bertz CT molecular complexity index is 696. The van der Waals surface area contributed by atoms with Crippen molar-refractivity contribution in [3.05, 3.63) is 0 Å². The highest BCUT2D eigenvalue weighted by atomic mass is 16.4. The van der Waals surface area contributed by atoms with E-state index >= 15 is 0 Å². The van der Waals surface area contributed by atoms with Crippen molar-refractivity contribution in [2.75, 3.05) is 0 Å². The van der Waals surface area contributed by atoms with E-state index < -0.39 is 11.9 Å². The summed E-state index contributed by atoms with van der Waals surface area (Å²) in [5, 5.41) is 19.2. The van der Waals surface area contributed by atoms with Gasteiger partial charge in [-0.15, -0.1) is 0 Å². The third kappa shape index (κ3) is 4.75. The number of rotatable bonds is 2. The summed E-state index contributed by atoms with van der Waals surface area (Å²) in [6.07, 6.45) is 11.3. The summed E-state index contributed by atoms with van der Waals surface area (Å²) >= 11 is 0. The first kappa shape index (κ1) is 25.6. The van der Waals surface area contributed by atoms with Crippen molar-refractivity contribution >= 4 is 11.9 Å². The molecule has 0 aromatic rings. The van der Waals surface area contributed by atoms with Crippen LogP contribution in [0.1, 0.15) is 112 Å². The second kappa shape index (κ2) is 9.29. The highest BCUT2D eigenvalue weighted by Gasteiger charge is 2.54. The molecule has 2 N–H and O–H groups in total. The van der Waals surface area contributed by atoms with Crippen LogP contribution in [0.15, 0.2) is 0 Å². The van der Waals surface area contributed by atoms with E-state index in [1.807, 2.05) is 0 Å². The van der Waals surface area contributed by atoms with Gasteiger partial charge in [0.1, 0.15) is 0 Å². The van der Waals surface area contributed by atoms with E-state index in [4.69, 9.17) is 0 Å². The minimum atomic E-state index is -0.528. The fourth-order valence-corrected chi connectivity index (χ4v) is 7.88. The Hall–Kier alpha value is -1.06. The number of carbonyl (C=O) groups is 2. The Morgan fingerprint density at radius 3 is 1.84 bits per heavy atom. The van der Waals surface area contributed by atoms with E-state index in [2.05, 4.69) is 41.5 Å². The van der Waals surface area contributed by atoms with Crippen LogP contribution in [0.2, 0.25) is 0 Å². The van der Waals surface area contributed by atoms with Crippen molar-refractivity contribution < 1.29 is 19.8 Å². The van der Waals surface area contributed by atoms with Gasteiger partial charge in [-0.1, -0.05) is 41.5 Å². The van der Waals surface area contributed by atoms with Gasteiger partial charge in [0.2, 0.25) is 0 Å². The lowest BCUT2D eigenvalue weighted by atomic mass is 9.52. The lowest BCUT2D eigenvalue weighted by molar-refractivity contribution is -0.164. The number of carboxylic acids is 2. The number of hydrogen-bond donors (Lipinski definition) is 2. The van der Waals surface area contributed by atoms with Gasteiger partial charge in [-0.25, -0.2) is 0 Å². The Morgan fingerprint density at radius 2 is 1.25 bits per heavy atom. The SMILES string of the molecule is CC1CC[C@]2(C(=O)O)CC[C@H](C)C[C@@H]2[C@H]1C.C[C@H]1CC[C@@]2(C(=O)O)CCC(C)(C)C[C@H]2C1. The van der Waals surface area contributed by atoms with Crippen LogP contribution < -0.4 is 0 Å². The monoisotopic (exact) mass is 448 g/mol. The van der Waals surface area contributed by atoms with Crippen molar-refractivity contribution in [2.24, 2.45) is 51.8 Å². The van der Waals surface area contributed by atoms with Crippen LogP contribution in [0.5, 0.6) is 0 Å². The maximum absolute atomic E-state index is 11.7. The average Bonchev–Trinajstić information content (AvgIpc) is 2.71. The number of fused-ring (bicyclic) bond motifs is 2. The summed E-state index contributed by atoms with van der Waals surface area (Å²) in [4.78, 5) is 23.3. The molecule has 4 saturated carbocycles. The van der Waals surface area contributed by atoms with Crippen molar-refractivity contribution in [3.63, 3.8) is 0 Å². The molecule has 8 atom stereocenters. The van der Waals surface area contributed by atoms with Crippen LogP contribution in [0.25, 0.3) is 0 Å². The number of carboxylic acid groups (broad SMARTS) is 2. The zero-order valence-electron chi connectivity index (χ0n) is 21.5. The van der Waals surface area contributed by atoms with E-state index in [0.29, 0.717) is 40.9 Å². The van der Waals surface area contributed by atoms with Gasteiger partial charge in [-0.3, -0.25) is 9.59 Å². The van der Waals surface area contributed by atoms with Gasteiger partial charge in [0.15, 0.2) is 0 Å². The molecule has 4 aliphatic rings. The molecule has 4 nitrogen and oxygen atoms in total. The third-order valence-corrected chi connectivity index (χ3v) is 10.5. The fraction of sp³-hybridized carbons (Fsp3) is 0.929. The molecule has 4 heteroatoms. The first-order valence-electron chi connectivity index (χ1n) is 13.3. The van der Waals surface area contributed by atoms with Crippen LogP contribution in [0.4, 0.5) is 0 Å². The molecule has 4 fully saturated rings. The van der Waals surface area contributed by atoms with Crippen molar-refractivity contribution in [1.82, 2.24) is 0 Å². The molecule has 0 saturated heterocycles. The van der Waals surface area contributed by atoms with Gasteiger partial charge in [-0.05, 0) is 112 Å². The van der Waals surface area contributed by atoms with E-state index in [1.54, 1.807) is 0 Å². The Labute approximate surface area is 195 Å². The molecule has 0 radical (unpaired) electrons. The Morgan fingerprint density at radius 1 is 0.719 bits per heavy atom. The quantitative estimate of drug-likeness (QED) is 0.466. The summed E-state index contributed by atoms with van der Waals surface area (Å²) in [5.74, 6) is 2.48. The van der Waals surface area contributed by atoms with Gasteiger partial charge in [-0.2, -0.15) is 0 Å². The Kier molecular flexibility index (Phi) is 7.42. The molecular weight excluding hydrogens is 400 g/mol. The summed E-state index contributed by atoms with van der Waals surface area (Å²) in [5.41, 5.74) is -0.402. The standard InChI is InChI=1S/2C14H24O2/c1-9-4-6-14(13(15)16)7-5-10(2)11(3)12(14)8-9;1-10-4-5-14(12(15)16)7-6-13(2,3)9-11(14)8-10/h9-12H,4-8H2,1-3H3,(H,15,16);10-11H,4-9H2,1-3H3,(H,15,16)/t9-,10?,11-,12+,14+;10-,11+,14+/m00/s1. The van der Waals surface area contributed by atoms with Gasteiger partial charge >= 0.3 is 11.9 Å². The van der Waals surface area contributed by atoms with Gasteiger partial charge in [0.05, 0.1) is 10.8 Å². The van der Waals surface area contributed by atoms with Crippen LogP contribution in [0.3, 0.4) is 0 Å². The minimum Gasteiger partial charge on any atom is -0.481 e. The second-order valence-corrected chi connectivity index (χ2v) is 13.2. The molecule has 0 aromatic heterocycles. The zero-order chi connectivity index (χ0) is 23.9. The predicted octanol–water partition coefficient (Wildman–Crippen LogP) is 7.26. The normalized spacial score (nSPS) is 45.4. The highest BCUT2D eigenvalue weighted by molar-refractivity contribution is 5.76. The number of hydrogen-bond acceptors (Lipinski definition) is 2. The maximum Gasteiger partial charge on any atom is 0.309 e. The second-order valence-electron chi connectivity index (χ2n) is 13.2. The molecule has 0 aliphatic heterocycles. The van der Waals surface area contributed by atoms with Crippen molar-refractivity contribution in [1.29, 1.82) is 0 Å². The van der Waals surface area contributed by atoms with Crippen LogP contribution in [0, 0.1) is 51.8 Å². The smallest absolute Gasteiger partial charge is 0.309 e. The van der Waals surface area contributed by atoms with E-state index in [0.717, 1.165) is 70.6 Å². The first-order valence-corrected chi connectivity index (χ1v) is 13.3. The van der Waals surface area contributed by atoms with Crippen LogP contribution in [-0.2, 0) is 9.59 Å². The Balaban J connectivity index is 0.000000181. The van der Waals surface area contributed by atoms with Gasteiger partial charge in [0, 0.05) is 0 Å². The number of aliphatic carboxylic acids is 2. The summed E-state index contributed by atoms with van der Waals surface area (Å²) < 4.78 is 0. The summed E-state index contributed by atoms with van der Waals surface area (Å²) in [6.45, 7) is 13.7. The maximum atomic E-state index is 11.7. The summed E-state index contributed by atoms with van der Waals surface area (Å²) in [7, 11) is 0. The lowest BCUT2D eigenvalue weighted by Crippen LogP contribution is -2.49. The summed E-state index contributed by atoms with van der Waals surface area (Å²) in [6, 6.07) is 0. The molecule has 184 valence electrons. The van der Waals surface area contributed by atoms with E-state index in [9.17, 15) is 19.8 Å². The molecule has 0 amide bonds. The average molecular weight is 449 g/mol. The third-order valence-electron chi connectivity index (χ3n) is 10.5. The molecule has 4 aliphatic carbocycles. The predicted molar refractivity (Wildman–Crippen MR) is 128 cm³/mol. The molecule has 0 heterocycles. The lowest BCUT2D eigenvalue weighted by Gasteiger charge is -2.51. The van der Waals surface area contributed by atoms with Crippen molar-refractivity contribution in [2.45, 2.75) is 112 Å². The highest BCUT2D eigenvalue weighted by Crippen LogP contribution is 2.57. The van der Waals surface area contributed by atoms with Gasteiger partial charge < -0.3 is 10.2 Å². The zero-order valence-corrected chi connectivity index (χ0v) is 21.5. The first-order chi connectivity index (χ1) is 14.8. The molecule has 0 aromatic carbocycles. The van der Waals surface area contributed by atoms with Crippen LogP contribution >= 0.6 is 0 Å². The molecule has 32 heavy (non-hydrogen) atoms. The molecule has 1 unspecified atom stereocenters. The van der Waals surface area contributed by atoms with Gasteiger partial charge in [0.25, 0.3) is 0 Å². The minimum absolute atomic E-state index is 0.348. The van der Waals surface area contributed by atoms with Crippen molar-refractivity contribution in [3.8, 4) is 0 Å². The molecular formula is C28H48O4. The topological polar surface area (TPSA) is 74.6 Å².